The summed E-state index contributed by atoms with van der Waals surface area (Å²) in [5.41, 5.74) is 2.49. The summed E-state index contributed by atoms with van der Waals surface area (Å²) < 4.78 is 25.1. The number of halogens is 2. The minimum absolute atomic E-state index is 0.131. The number of thiocarbonyl (C=S) groups is 1. The lowest BCUT2D eigenvalue weighted by Crippen LogP contribution is -2.34. The van der Waals surface area contributed by atoms with E-state index in [1.54, 1.807) is 0 Å². The lowest BCUT2D eigenvalue weighted by atomic mass is 10.3. The Morgan fingerprint density at radius 2 is 2.00 bits per heavy atom. The molecule has 0 bridgehead atoms. The molecule has 0 radical (unpaired) electrons. The summed E-state index contributed by atoms with van der Waals surface area (Å²) in [6.07, 6.45) is 0. The van der Waals surface area contributed by atoms with Crippen LogP contribution in [0, 0.1) is 11.6 Å². The van der Waals surface area contributed by atoms with Crippen LogP contribution in [0.15, 0.2) is 18.2 Å². The molecule has 0 aliphatic heterocycles. The van der Waals surface area contributed by atoms with Gasteiger partial charge in [-0.05, 0) is 24.4 Å². The SMILES string of the molecule is NNC(=S)Nc1ccc(F)c(F)c1. The van der Waals surface area contributed by atoms with Crippen molar-refractivity contribution in [1.82, 2.24) is 5.43 Å². The van der Waals surface area contributed by atoms with Crippen molar-refractivity contribution < 1.29 is 8.78 Å². The highest BCUT2D eigenvalue weighted by Gasteiger charge is 2.02. The van der Waals surface area contributed by atoms with Crippen molar-refractivity contribution in [2.75, 3.05) is 5.32 Å². The molecule has 1 aromatic rings. The highest BCUT2D eigenvalue weighted by molar-refractivity contribution is 7.80. The van der Waals surface area contributed by atoms with Crippen LogP contribution in [0.4, 0.5) is 14.5 Å². The Kier molecular flexibility index (Phi) is 3.10. The lowest BCUT2D eigenvalue weighted by Gasteiger charge is -2.06. The fraction of sp³-hybridized carbons (Fsp3) is 0. The summed E-state index contributed by atoms with van der Waals surface area (Å²) in [6, 6.07) is 3.33. The number of nitrogens with one attached hydrogen (secondary N) is 2. The Labute approximate surface area is 78.9 Å². The van der Waals surface area contributed by atoms with Crippen molar-refractivity contribution in [2.24, 2.45) is 5.84 Å². The molecular weight excluding hydrogens is 196 g/mol. The van der Waals surface area contributed by atoms with Gasteiger partial charge in [-0.15, -0.1) is 0 Å². The Morgan fingerprint density at radius 1 is 1.31 bits per heavy atom. The number of hydrazine groups is 1. The summed E-state index contributed by atoms with van der Waals surface area (Å²) in [4.78, 5) is 0. The molecule has 0 heterocycles. The van der Waals surface area contributed by atoms with Gasteiger partial charge in [-0.25, -0.2) is 14.6 Å². The fourth-order valence-corrected chi connectivity index (χ4v) is 0.859. The molecule has 0 amide bonds. The lowest BCUT2D eigenvalue weighted by molar-refractivity contribution is 0.509. The van der Waals surface area contributed by atoms with Gasteiger partial charge in [0.25, 0.3) is 0 Å². The van der Waals surface area contributed by atoms with Gasteiger partial charge >= 0.3 is 0 Å². The number of rotatable bonds is 1. The molecule has 0 aromatic heterocycles. The third-order valence-electron chi connectivity index (χ3n) is 1.31. The molecule has 0 atom stereocenters. The normalized spacial score (nSPS) is 9.46. The van der Waals surface area contributed by atoms with Crippen LogP contribution in [-0.4, -0.2) is 5.11 Å². The summed E-state index contributed by atoms with van der Waals surface area (Å²) in [5.74, 6) is 3.12. The first-order valence-corrected chi connectivity index (χ1v) is 3.77. The van der Waals surface area contributed by atoms with E-state index in [0.717, 1.165) is 12.1 Å². The van der Waals surface area contributed by atoms with Crippen LogP contribution in [-0.2, 0) is 0 Å². The summed E-state index contributed by atoms with van der Waals surface area (Å²) in [5, 5.41) is 2.68. The van der Waals surface area contributed by atoms with E-state index in [2.05, 4.69) is 23.0 Å². The van der Waals surface area contributed by atoms with Crippen LogP contribution in [0.5, 0.6) is 0 Å². The molecule has 1 aromatic carbocycles. The Hall–Kier alpha value is -1.27. The first kappa shape index (κ1) is 9.82. The molecule has 6 heteroatoms. The molecule has 0 saturated heterocycles. The Balaban J connectivity index is 2.79. The van der Waals surface area contributed by atoms with Crippen molar-refractivity contribution in [3.8, 4) is 0 Å². The standard InChI is InChI=1S/C7H7F2N3S/c8-5-2-1-4(3-6(5)9)11-7(13)12-10/h1-3H,10H2,(H2,11,12,13). The zero-order valence-corrected chi connectivity index (χ0v) is 7.29. The summed E-state index contributed by atoms with van der Waals surface area (Å²) >= 11 is 4.65. The maximum Gasteiger partial charge on any atom is 0.185 e. The van der Waals surface area contributed by atoms with E-state index >= 15 is 0 Å². The van der Waals surface area contributed by atoms with Gasteiger partial charge in [0.2, 0.25) is 0 Å². The molecular formula is C7H7F2N3S. The van der Waals surface area contributed by atoms with Crippen LogP contribution < -0.4 is 16.6 Å². The third kappa shape index (κ3) is 2.60. The van der Waals surface area contributed by atoms with E-state index in [1.807, 2.05) is 0 Å². The first-order chi connectivity index (χ1) is 6.13. The molecule has 0 aliphatic carbocycles. The molecule has 0 unspecified atom stereocenters. The minimum atomic E-state index is -0.940. The van der Waals surface area contributed by atoms with Crippen LogP contribution in [0.25, 0.3) is 0 Å². The third-order valence-corrected chi connectivity index (χ3v) is 1.53. The highest BCUT2D eigenvalue weighted by atomic mass is 32.1. The molecule has 0 saturated carbocycles. The second-order valence-electron chi connectivity index (χ2n) is 2.23. The maximum atomic E-state index is 12.6. The van der Waals surface area contributed by atoms with Gasteiger partial charge in [0, 0.05) is 11.8 Å². The van der Waals surface area contributed by atoms with Gasteiger partial charge in [0.05, 0.1) is 0 Å². The second-order valence-corrected chi connectivity index (χ2v) is 2.64. The molecule has 0 aliphatic rings. The number of hydrogen-bond donors (Lipinski definition) is 3. The average molecular weight is 203 g/mol. The van der Waals surface area contributed by atoms with Gasteiger partial charge in [0.1, 0.15) is 0 Å². The number of benzene rings is 1. The van der Waals surface area contributed by atoms with Crippen LogP contribution in [0.2, 0.25) is 0 Å². The van der Waals surface area contributed by atoms with Crippen molar-refractivity contribution in [1.29, 1.82) is 0 Å². The summed E-state index contributed by atoms with van der Waals surface area (Å²) in [7, 11) is 0. The van der Waals surface area contributed by atoms with Crippen LogP contribution in [0.1, 0.15) is 0 Å². The van der Waals surface area contributed by atoms with Gasteiger partial charge in [-0.3, -0.25) is 0 Å². The molecule has 4 N–H and O–H groups in total. The van der Waals surface area contributed by atoms with Crippen LogP contribution >= 0.6 is 12.2 Å². The molecule has 1 rings (SSSR count). The van der Waals surface area contributed by atoms with E-state index < -0.39 is 11.6 Å². The van der Waals surface area contributed by atoms with E-state index in [4.69, 9.17) is 5.84 Å². The van der Waals surface area contributed by atoms with E-state index in [9.17, 15) is 8.78 Å². The molecule has 13 heavy (non-hydrogen) atoms. The number of nitrogens with two attached hydrogens (primary N) is 1. The highest BCUT2D eigenvalue weighted by Crippen LogP contribution is 2.12. The average Bonchev–Trinajstić information content (AvgIpc) is 2.11. The van der Waals surface area contributed by atoms with E-state index in [1.165, 1.54) is 6.07 Å². The number of hydrogen-bond acceptors (Lipinski definition) is 2. The zero-order chi connectivity index (χ0) is 9.84. The largest absolute Gasteiger partial charge is 0.332 e. The minimum Gasteiger partial charge on any atom is -0.332 e. The monoisotopic (exact) mass is 203 g/mol. The van der Waals surface area contributed by atoms with Gasteiger partial charge in [-0.2, -0.15) is 0 Å². The van der Waals surface area contributed by atoms with Crippen LogP contribution in [0.3, 0.4) is 0 Å². The molecule has 3 nitrogen and oxygen atoms in total. The zero-order valence-electron chi connectivity index (χ0n) is 6.47. The van der Waals surface area contributed by atoms with Gasteiger partial charge in [-0.1, -0.05) is 0 Å². The fourth-order valence-electron chi connectivity index (χ4n) is 0.741. The van der Waals surface area contributed by atoms with Gasteiger partial charge in [0.15, 0.2) is 16.7 Å². The predicted molar refractivity (Wildman–Crippen MR) is 49.9 cm³/mol. The second kappa shape index (κ2) is 4.11. The molecule has 0 fully saturated rings. The number of anilines is 1. The topological polar surface area (TPSA) is 50.1 Å². The van der Waals surface area contributed by atoms with E-state index in [0.29, 0.717) is 5.69 Å². The molecule has 70 valence electrons. The quantitative estimate of drug-likeness (QED) is 0.364. The van der Waals surface area contributed by atoms with Crippen molar-refractivity contribution in [3.63, 3.8) is 0 Å². The maximum absolute atomic E-state index is 12.6. The van der Waals surface area contributed by atoms with Gasteiger partial charge < -0.3 is 10.7 Å². The van der Waals surface area contributed by atoms with Crippen molar-refractivity contribution in [2.45, 2.75) is 0 Å². The van der Waals surface area contributed by atoms with E-state index in [-0.39, 0.29) is 5.11 Å². The first-order valence-electron chi connectivity index (χ1n) is 3.36. The van der Waals surface area contributed by atoms with Crippen molar-refractivity contribution >= 4 is 23.0 Å². The Bertz CT molecular complexity index is 330. The Morgan fingerprint density at radius 3 is 2.54 bits per heavy atom. The van der Waals surface area contributed by atoms with Crippen molar-refractivity contribution in [3.05, 3.63) is 29.8 Å². The smallest absolute Gasteiger partial charge is 0.185 e. The summed E-state index contributed by atoms with van der Waals surface area (Å²) in [6.45, 7) is 0. The molecule has 0 spiro atoms. The predicted octanol–water partition coefficient (Wildman–Crippen LogP) is 1.12.